The van der Waals surface area contributed by atoms with Crippen molar-refractivity contribution >= 4 is 28.4 Å². The molecule has 1 aliphatic rings. The van der Waals surface area contributed by atoms with Crippen LogP contribution in [0.15, 0.2) is 49.1 Å². The van der Waals surface area contributed by atoms with Gasteiger partial charge in [-0.15, -0.1) is 0 Å². The van der Waals surface area contributed by atoms with Gasteiger partial charge in [-0.3, -0.25) is 4.79 Å². The molecule has 0 aliphatic carbocycles. The Morgan fingerprint density at radius 1 is 1.11 bits per heavy atom. The lowest BCUT2D eigenvalue weighted by Crippen LogP contribution is -2.52. The van der Waals surface area contributed by atoms with Gasteiger partial charge in [0.1, 0.15) is 23.2 Å². The maximum absolute atomic E-state index is 12.5. The van der Waals surface area contributed by atoms with Gasteiger partial charge in [-0.1, -0.05) is 0 Å². The summed E-state index contributed by atoms with van der Waals surface area (Å²) in [6, 6.07) is 9.13. The second kappa shape index (κ2) is 6.16. The number of rotatable bonds is 4. The standard InChI is InChI=1S/C17H15N9O/c27-17(21-12-2-3-13-14(6-12)23-24-22-13)11-8-25(9-11)15-7-16(19-10-18-15)26-5-1-4-20-26/h1-7,10-11H,8-9H2,(H,21,27)(H,22,23,24). The normalized spacial score (nSPS) is 14.3. The minimum absolute atomic E-state index is 0.0181. The number of amides is 1. The molecule has 10 nitrogen and oxygen atoms in total. The van der Waals surface area contributed by atoms with Gasteiger partial charge in [0, 0.05) is 37.2 Å². The van der Waals surface area contributed by atoms with Crippen LogP contribution in [0.4, 0.5) is 11.5 Å². The van der Waals surface area contributed by atoms with Crippen molar-refractivity contribution in [3.63, 3.8) is 0 Å². The van der Waals surface area contributed by atoms with E-state index in [1.165, 1.54) is 6.33 Å². The minimum atomic E-state index is -0.0962. The van der Waals surface area contributed by atoms with Gasteiger partial charge in [-0.2, -0.15) is 20.5 Å². The number of nitrogens with zero attached hydrogens (tertiary/aromatic N) is 7. The van der Waals surface area contributed by atoms with E-state index < -0.39 is 0 Å². The first-order valence-corrected chi connectivity index (χ1v) is 8.45. The van der Waals surface area contributed by atoms with E-state index in [2.05, 4.69) is 35.8 Å². The minimum Gasteiger partial charge on any atom is -0.355 e. The summed E-state index contributed by atoms with van der Waals surface area (Å²) in [4.78, 5) is 23.0. The first-order chi connectivity index (χ1) is 13.3. The van der Waals surface area contributed by atoms with Gasteiger partial charge >= 0.3 is 0 Å². The number of hydrogen-bond donors (Lipinski definition) is 2. The van der Waals surface area contributed by atoms with Crippen LogP contribution in [0.1, 0.15) is 0 Å². The van der Waals surface area contributed by atoms with Crippen LogP contribution in [0.2, 0.25) is 0 Å². The summed E-state index contributed by atoms with van der Waals surface area (Å²) in [5.74, 6) is 1.36. The summed E-state index contributed by atoms with van der Waals surface area (Å²) in [5, 5.41) is 17.7. The quantitative estimate of drug-likeness (QED) is 0.557. The molecular weight excluding hydrogens is 346 g/mol. The SMILES string of the molecule is O=C(Nc1ccc2n[nH]nc2c1)C1CN(c2cc(-n3cccn3)ncn2)C1. The molecule has 4 heterocycles. The smallest absolute Gasteiger partial charge is 0.231 e. The van der Waals surface area contributed by atoms with Crippen LogP contribution >= 0.6 is 0 Å². The van der Waals surface area contributed by atoms with Crippen LogP contribution in [0.25, 0.3) is 16.9 Å². The van der Waals surface area contributed by atoms with Crippen LogP contribution in [0.3, 0.4) is 0 Å². The summed E-state index contributed by atoms with van der Waals surface area (Å²) in [6.07, 6.45) is 5.03. The highest BCUT2D eigenvalue weighted by molar-refractivity contribution is 5.95. The van der Waals surface area contributed by atoms with Crippen molar-refractivity contribution in [1.29, 1.82) is 0 Å². The molecule has 0 atom stereocenters. The van der Waals surface area contributed by atoms with E-state index in [9.17, 15) is 4.79 Å². The molecule has 2 N–H and O–H groups in total. The molecule has 0 unspecified atom stereocenters. The monoisotopic (exact) mass is 361 g/mol. The maximum atomic E-state index is 12.5. The number of carbonyl (C=O) groups is 1. The van der Waals surface area contributed by atoms with Crippen molar-refractivity contribution in [2.45, 2.75) is 0 Å². The third kappa shape index (κ3) is 2.86. The Labute approximate surface area is 153 Å². The van der Waals surface area contributed by atoms with E-state index in [0.717, 1.165) is 16.9 Å². The fraction of sp³-hybridized carbons (Fsp3) is 0.176. The number of H-pyrrole nitrogens is 1. The fourth-order valence-electron chi connectivity index (χ4n) is 3.03. The van der Waals surface area contributed by atoms with E-state index in [1.54, 1.807) is 16.9 Å². The van der Waals surface area contributed by atoms with Crippen LogP contribution in [-0.4, -0.2) is 54.2 Å². The molecule has 0 spiro atoms. The maximum Gasteiger partial charge on any atom is 0.231 e. The van der Waals surface area contributed by atoms with E-state index in [1.807, 2.05) is 35.4 Å². The fourth-order valence-corrected chi connectivity index (χ4v) is 3.03. The molecular formula is C17H15N9O. The Balaban J connectivity index is 1.24. The average Bonchev–Trinajstić information content (AvgIpc) is 3.32. The molecule has 0 saturated carbocycles. The molecule has 27 heavy (non-hydrogen) atoms. The van der Waals surface area contributed by atoms with Crippen molar-refractivity contribution < 1.29 is 4.79 Å². The van der Waals surface area contributed by atoms with Gasteiger partial charge < -0.3 is 10.2 Å². The number of benzene rings is 1. The van der Waals surface area contributed by atoms with Gasteiger partial charge in [-0.25, -0.2) is 14.6 Å². The van der Waals surface area contributed by atoms with Crippen molar-refractivity contribution in [1.82, 2.24) is 35.2 Å². The van der Waals surface area contributed by atoms with Gasteiger partial charge in [0.2, 0.25) is 5.91 Å². The van der Waals surface area contributed by atoms with Gasteiger partial charge in [0.25, 0.3) is 0 Å². The highest BCUT2D eigenvalue weighted by atomic mass is 16.2. The molecule has 1 aliphatic heterocycles. The second-order valence-corrected chi connectivity index (χ2v) is 6.30. The van der Waals surface area contributed by atoms with Crippen molar-refractivity contribution in [3.8, 4) is 5.82 Å². The van der Waals surface area contributed by atoms with E-state index in [-0.39, 0.29) is 11.8 Å². The number of hydrogen-bond acceptors (Lipinski definition) is 7. The molecule has 134 valence electrons. The van der Waals surface area contributed by atoms with Crippen LogP contribution in [-0.2, 0) is 4.79 Å². The third-order valence-corrected chi connectivity index (χ3v) is 4.54. The molecule has 1 fully saturated rings. The summed E-state index contributed by atoms with van der Waals surface area (Å²) >= 11 is 0. The zero-order chi connectivity index (χ0) is 18.2. The van der Waals surface area contributed by atoms with E-state index in [0.29, 0.717) is 24.6 Å². The van der Waals surface area contributed by atoms with Gasteiger partial charge in [-0.05, 0) is 24.3 Å². The molecule has 1 saturated heterocycles. The van der Waals surface area contributed by atoms with Gasteiger partial charge in [0.05, 0.1) is 5.92 Å². The first-order valence-electron chi connectivity index (χ1n) is 8.45. The Morgan fingerprint density at radius 3 is 2.81 bits per heavy atom. The zero-order valence-corrected chi connectivity index (χ0v) is 14.1. The molecule has 1 aromatic carbocycles. The lowest BCUT2D eigenvalue weighted by atomic mass is 9.99. The topological polar surface area (TPSA) is 118 Å². The molecule has 10 heteroatoms. The highest BCUT2D eigenvalue weighted by Gasteiger charge is 2.33. The van der Waals surface area contributed by atoms with Crippen LogP contribution in [0, 0.1) is 5.92 Å². The number of carbonyl (C=O) groups excluding carboxylic acids is 1. The first kappa shape index (κ1) is 15.4. The van der Waals surface area contributed by atoms with E-state index >= 15 is 0 Å². The second-order valence-electron chi connectivity index (χ2n) is 6.30. The number of aromatic nitrogens is 7. The summed E-state index contributed by atoms with van der Waals surface area (Å²) < 4.78 is 1.68. The lowest BCUT2D eigenvalue weighted by Gasteiger charge is -2.39. The Kier molecular flexibility index (Phi) is 3.52. The Morgan fingerprint density at radius 2 is 1.96 bits per heavy atom. The molecule has 3 aromatic heterocycles. The van der Waals surface area contributed by atoms with Crippen LogP contribution in [0.5, 0.6) is 0 Å². The zero-order valence-electron chi connectivity index (χ0n) is 14.1. The van der Waals surface area contributed by atoms with Crippen molar-refractivity contribution in [3.05, 3.63) is 49.1 Å². The largest absolute Gasteiger partial charge is 0.355 e. The molecule has 5 rings (SSSR count). The lowest BCUT2D eigenvalue weighted by molar-refractivity contribution is -0.120. The average molecular weight is 361 g/mol. The van der Waals surface area contributed by atoms with Crippen molar-refractivity contribution in [2.24, 2.45) is 5.92 Å². The Hall–Kier alpha value is -3.82. The molecule has 0 radical (unpaired) electrons. The summed E-state index contributed by atoms with van der Waals surface area (Å²) in [5.41, 5.74) is 2.19. The van der Waals surface area contributed by atoms with E-state index in [4.69, 9.17) is 0 Å². The number of anilines is 2. The number of aromatic amines is 1. The van der Waals surface area contributed by atoms with Crippen molar-refractivity contribution in [2.75, 3.05) is 23.3 Å². The van der Waals surface area contributed by atoms with Gasteiger partial charge in [0.15, 0.2) is 5.82 Å². The third-order valence-electron chi connectivity index (χ3n) is 4.54. The number of nitrogens with one attached hydrogen (secondary N) is 2. The summed E-state index contributed by atoms with van der Waals surface area (Å²) in [6.45, 7) is 1.21. The summed E-state index contributed by atoms with van der Waals surface area (Å²) in [7, 11) is 0. The Bertz CT molecular complexity index is 1100. The van der Waals surface area contributed by atoms with Crippen LogP contribution < -0.4 is 10.2 Å². The highest BCUT2D eigenvalue weighted by Crippen LogP contribution is 2.25. The predicted molar refractivity (Wildman–Crippen MR) is 97.4 cm³/mol. The number of fused-ring (bicyclic) bond motifs is 1. The predicted octanol–water partition coefficient (Wildman–Crippen LogP) is 1.01. The molecule has 1 amide bonds. The molecule has 4 aromatic rings. The molecule has 0 bridgehead atoms.